The molecule has 0 radical (unpaired) electrons. The Labute approximate surface area is 234 Å². The Morgan fingerprint density at radius 2 is 1.55 bits per heavy atom. The normalized spacial score (nSPS) is 41.2. The van der Waals surface area contributed by atoms with Crippen LogP contribution >= 0.6 is 0 Å². The number of hydrogen-bond acceptors (Lipinski definition) is 15. The van der Waals surface area contributed by atoms with Gasteiger partial charge in [-0.15, -0.1) is 0 Å². The van der Waals surface area contributed by atoms with Crippen molar-refractivity contribution in [2.75, 3.05) is 20.3 Å². The van der Waals surface area contributed by atoms with Crippen molar-refractivity contribution in [3.8, 4) is 0 Å². The molecule has 0 saturated carbocycles. The van der Waals surface area contributed by atoms with Gasteiger partial charge in [0.1, 0.15) is 48.8 Å². The average Bonchev–Trinajstić information content (AvgIpc) is 2.94. The topological polar surface area (TPSA) is 219 Å². The minimum Gasteiger partial charge on any atom is -0.726 e. The third-order valence-electron chi connectivity index (χ3n) is 5.13. The molecule has 3 aliphatic rings. The van der Waals surface area contributed by atoms with Crippen molar-refractivity contribution in [2.24, 2.45) is 0 Å². The molecule has 0 aliphatic carbocycles. The smallest absolute Gasteiger partial charge is 0.726 e. The van der Waals surface area contributed by atoms with Gasteiger partial charge in [0.2, 0.25) is 20.8 Å². The molecule has 10 unspecified atom stereocenters. The third kappa shape index (κ3) is 7.97. The molecule has 2 bridgehead atoms. The zero-order valence-electron chi connectivity index (χ0n) is 18.2. The van der Waals surface area contributed by atoms with Gasteiger partial charge in [-0.2, -0.15) is 0 Å². The van der Waals surface area contributed by atoms with E-state index in [1.165, 1.54) is 6.92 Å². The molecule has 19 heteroatoms. The van der Waals surface area contributed by atoms with E-state index >= 15 is 0 Å². The fraction of sp³-hybridized carbons (Fsp3) is 1.00. The van der Waals surface area contributed by atoms with Gasteiger partial charge in [0.05, 0.1) is 19.3 Å². The van der Waals surface area contributed by atoms with Gasteiger partial charge in [0.25, 0.3) is 0 Å². The zero-order chi connectivity index (χ0) is 23.1. The van der Waals surface area contributed by atoms with Gasteiger partial charge < -0.3 is 43.0 Å². The van der Waals surface area contributed by atoms with Crippen molar-refractivity contribution in [2.45, 2.75) is 68.1 Å². The number of ether oxygens (including phenoxy) is 5. The van der Waals surface area contributed by atoms with Crippen LogP contribution in [0.4, 0.5) is 0 Å². The molecule has 3 aliphatic heterocycles. The van der Waals surface area contributed by atoms with E-state index in [2.05, 4.69) is 8.37 Å². The van der Waals surface area contributed by atoms with Crippen LogP contribution in [0.25, 0.3) is 0 Å². The average molecular weight is 540 g/mol. The Kier molecular flexibility index (Phi) is 12.6. The second kappa shape index (κ2) is 12.8. The van der Waals surface area contributed by atoms with Crippen LogP contribution in [0.5, 0.6) is 0 Å². The summed E-state index contributed by atoms with van der Waals surface area (Å²) < 4.78 is 102. The fourth-order valence-electron chi connectivity index (χ4n) is 3.89. The predicted molar refractivity (Wildman–Crippen MR) is 90.6 cm³/mol. The maximum Gasteiger partial charge on any atom is 1.00 e. The minimum atomic E-state index is -5.23. The second-order valence-corrected chi connectivity index (χ2v) is 9.15. The van der Waals surface area contributed by atoms with Gasteiger partial charge in [0, 0.05) is 7.11 Å². The molecule has 3 rings (SSSR count). The van der Waals surface area contributed by atoms with E-state index in [4.69, 9.17) is 23.7 Å². The molecule has 3 heterocycles. The second-order valence-electron chi connectivity index (χ2n) is 7.13. The SMILES string of the molecule is COC1C(O)C(OC2C3COC2C(OS(=O)(=O)[O-])C(C)O3)OC(CO)C1OS(=O)(=O)[O-].[Na+].[Na+]. The first-order valence-corrected chi connectivity index (χ1v) is 11.7. The zero-order valence-corrected chi connectivity index (χ0v) is 23.8. The summed E-state index contributed by atoms with van der Waals surface area (Å²) in [7, 11) is -9.24. The van der Waals surface area contributed by atoms with Crippen molar-refractivity contribution in [1.82, 2.24) is 0 Å². The minimum absolute atomic E-state index is 0. The van der Waals surface area contributed by atoms with Crippen LogP contribution in [0.2, 0.25) is 0 Å². The monoisotopic (exact) mass is 540 g/mol. The summed E-state index contributed by atoms with van der Waals surface area (Å²) in [5.74, 6) is 0. The van der Waals surface area contributed by atoms with Gasteiger partial charge in [-0.25, -0.2) is 16.8 Å². The number of fused-ring (bicyclic) bond motifs is 2. The van der Waals surface area contributed by atoms with Crippen LogP contribution in [0, 0.1) is 0 Å². The van der Waals surface area contributed by atoms with Crippen molar-refractivity contribution in [1.29, 1.82) is 0 Å². The molecular weight excluding hydrogens is 518 g/mol. The Bertz CT molecular complexity index is 842. The van der Waals surface area contributed by atoms with Crippen LogP contribution < -0.4 is 59.1 Å². The van der Waals surface area contributed by atoms with E-state index < -0.39 is 88.6 Å². The van der Waals surface area contributed by atoms with Crippen LogP contribution in [0.3, 0.4) is 0 Å². The summed E-state index contributed by atoms with van der Waals surface area (Å²) >= 11 is 0. The van der Waals surface area contributed by atoms with Crippen molar-refractivity contribution in [3.63, 3.8) is 0 Å². The predicted octanol–water partition coefficient (Wildman–Crippen LogP) is -9.65. The van der Waals surface area contributed by atoms with Gasteiger partial charge in [0.15, 0.2) is 6.29 Å². The molecule has 3 saturated heterocycles. The number of hydrogen-bond donors (Lipinski definition) is 2. The third-order valence-corrected chi connectivity index (χ3v) is 6.05. The van der Waals surface area contributed by atoms with E-state index in [0.717, 1.165) is 7.11 Å². The Morgan fingerprint density at radius 3 is 2.06 bits per heavy atom. The van der Waals surface area contributed by atoms with Crippen molar-refractivity contribution in [3.05, 3.63) is 0 Å². The number of rotatable bonds is 8. The van der Waals surface area contributed by atoms with E-state index in [0.29, 0.717) is 0 Å². The molecule has 0 amide bonds. The molecule has 0 aromatic rings. The molecule has 0 aromatic carbocycles. The molecule has 3 fully saturated rings. The first kappa shape index (κ1) is 32.5. The maximum absolute atomic E-state index is 11.1. The van der Waals surface area contributed by atoms with Crippen LogP contribution in [0.1, 0.15) is 6.92 Å². The first-order valence-electron chi connectivity index (χ1n) is 9.02. The Morgan fingerprint density at radius 1 is 0.970 bits per heavy atom. The van der Waals surface area contributed by atoms with Gasteiger partial charge in [-0.1, -0.05) is 0 Å². The summed E-state index contributed by atoms with van der Waals surface area (Å²) in [6.07, 6.45) is -12.9. The first-order chi connectivity index (χ1) is 14.3. The fourth-order valence-corrected chi connectivity index (χ4v) is 4.94. The molecule has 10 atom stereocenters. The molecule has 182 valence electrons. The van der Waals surface area contributed by atoms with Gasteiger partial charge in [-0.05, 0) is 6.92 Å². The number of methoxy groups -OCH3 is 1. The van der Waals surface area contributed by atoms with Crippen molar-refractivity contribution >= 4 is 20.8 Å². The van der Waals surface area contributed by atoms with E-state index in [1.54, 1.807) is 0 Å². The van der Waals surface area contributed by atoms with E-state index in [-0.39, 0.29) is 65.7 Å². The van der Waals surface area contributed by atoms with Gasteiger partial charge >= 0.3 is 59.1 Å². The molecule has 33 heavy (non-hydrogen) atoms. The largest absolute Gasteiger partial charge is 1.00 e. The Balaban J connectivity index is 0.00000272. The molecule has 2 N–H and O–H groups in total. The summed E-state index contributed by atoms with van der Waals surface area (Å²) in [6, 6.07) is 0. The molecule has 0 aromatic heterocycles. The molecule has 0 spiro atoms. The summed E-state index contributed by atoms with van der Waals surface area (Å²) in [5, 5.41) is 20.1. The van der Waals surface area contributed by atoms with E-state index in [9.17, 15) is 36.2 Å². The van der Waals surface area contributed by atoms with Crippen molar-refractivity contribution < 1.29 is 127 Å². The van der Waals surface area contributed by atoms with Crippen LogP contribution in [0.15, 0.2) is 0 Å². The summed E-state index contributed by atoms with van der Waals surface area (Å²) in [4.78, 5) is 0. The van der Waals surface area contributed by atoms with Gasteiger partial charge in [-0.3, -0.25) is 8.37 Å². The van der Waals surface area contributed by atoms with E-state index in [1.807, 2.05) is 0 Å². The Hall–Kier alpha value is 1.46. The maximum atomic E-state index is 11.1. The standard InChI is InChI=1S/C14H24O15S2.2Na/c1-5-9(28-30(17,18)19)13-10(7(25-5)4-24-13)27-14-8(16)12(23-2)11(6(3-15)26-14)29-31(20,21)22;;/h5-16H,3-4H2,1-2H3,(H,17,18,19)(H,20,21,22);;/q;2*+1/p-2. The van der Waals surface area contributed by atoms with Crippen LogP contribution in [-0.2, 0) is 52.8 Å². The summed E-state index contributed by atoms with van der Waals surface area (Å²) in [6.45, 7) is 0.605. The number of aliphatic hydroxyl groups is 2. The van der Waals surface area contributed by atoms with Crippen LogP contribution in [-0.4, -0.2) is 118 Å². The molecular formula is C14H22Na2O15S2. The quantitative estimate of drug-likeness (QED) is 0.166. The molecule has 15 nitrogen and oxygen atoms in total. The summed E-state index contributed by atoms with van der Waals surface area (Å²) in [5.41, 5.74) is 0. The number of aliphatic hydroxyl groups excluding tert-OH is 2.